The van der Waals surface area contributed by atoms with Gasteiger partial charge in [-0.1, -0.05) is 36.4 Å². The Hall–Kier alpha value is -4.19. The van der Waals surface area contributed by atoms with Gasteiger partial charge in [-0.2, -0.15) is 0 Å². The molecule has 0 atom stereocenters. The van der Waals surface area contributed by atoms with Gasteiger partial charge in [0, 0.05) is 42.9 Å². The summed E-state index contributed by atoms with van der Waals surface area (Å²) in [6, 6.07) is 17.6. The van der Waals surface area contributed by atoms with Crippen molar-refractivity contribution in [3.05, 3.63) is 99.9 Å². The lowest BCUT2D eigenvalue weighted by atomic mass is 9.96. The van der Waals surface area contributed by atoms with Crippen LogP contribution in [0.1, 0.15) is 22.4 Å². The minimum atomic E-state index is -0.491. The highest BCUT2D eigenvalue weighted by Gasteiger charge is 2.22. The highest BCUT2D eigenvalue weighted by molar-refractivity contribution is 6.11. The molecule has 0 spiro atoms. The number of nitrogens with zero attached hydrogens (tertiary/aromatic N) is 2. The van der Waals surface area contributed by atoms with E-state index in [2.05, 4.69) is 4.98 Å². The Balaban J connectivity index is 1.51. The Morgan fingerprint density at radius 3 is 2.54 bits per heavy atom. The molecule has 5 aromatic rings. The lowest BCUT2D eigenvalue weighted by Gasteiger charge is -2.17. The average molecular weight is 467 g/mol. The molecule has 0 unspecified atom stereocenters. The van der Waals surface area contributed by atoms with E-state index in [0.29, 0.717) is 35.3 Å². The quantitative estimate of drug-likeness (QED) is 0.311. The van der Waals surface area contributed by atoms with Gasteiger partial charge >= 0.3 is 5.63 Å². The zero-order chi connectivity index (χ0) is 24.5. The van der Waals surface area contributed by atoms with Crippen molar-refractivity contribution in [2.75, 3.05) is 13.6 Å². The fourth-order valence-corrected chi connectivity index (χ4v) is 4.56. The van der Waals surface area contributed by atoms with Crippen LogP contribution in [0.3, 0.4) is 0 Å². The smallest absolute Gasteiger partial charge is 0.340 e. The monoisotopic (exact) mass is 466 g/mol. The first-order chi connectivity index (χ1) is 16.9. The number of hydrogen-bond donors (Lipinski definition) is 0. The number of aromatic nitrogens is 1. The van der Waals surface area contributed by atoms with Crippen LogP contribution in [0.5, 0.6) is 0 Å². The van der Waals surface area contributed by atoms with E-state index >= 15 is 0 Å². The zero-order valence-corrected chi connectivity index (χ0v) is 20.0. The maximum Gasteiger partial charge on any atom is 0.340 e. The molecule has 0 saturated heterocycles. The summed E-state index contributed by atoms with van der Waals surface area (Å²) in [7, 11) is 1.74. The molecule has 2 aromatic carbocycles. The van der Waals surface area contributed by atoms with Crippen LogP contribution in [0, 0.1) is 13.8 Å². The number of aryl methyl sites for hydroxylation is 2. The molecule has 0 radical (unpaired) electrons. The number of amides is 1. The van der Waals surface area contributed by atoms with E-state index in [0.717, 1.165) is 33.2 Å². The van der Waals surface area contributed by atoms with Gasteiger partial charge in [0.2, 0.25) is 5.91 Å². The summed E-state index contributed by atoms with van der Waals surface area (Å²) in [4.78, 5) is 31.8. The Morgan fingerprint density at radius 1 is 1.03 bits per heavy atom. The second-order valence-electron chi connectivity index (χ2n) is 8.84. The van der Waals surface area contributed by atoms with Crippen molar-refractivity contribution in [2.24, 2.45) is 0 Å². The topological polar surface area (TPSA) is 76.6 Å². The summed E-state index contributed by atoms with van der Waals surface area (Å²) in [6.07, 6.45) is 4.09. The molecule has 6 heteroatoms. The number of carbonyl (C=O) groups is 1. The third-order valence-corrected chi connectivity index (χ3v) is 6.55. The summed E-state index contributed by atoms with van der Waals surface area (Å²) in [5, 5.41) is 1.71. The normalized spacial score (nSPS) is 11.3. The predicted octanol–water partition coefficient (Wildman–Crippen LogP) is 5.46. The maximum absolute atomic E-state index is 13.0. The van der Waals surface area contributed by atoms with Crippen LogP contribution < -0.4 is 5.63 Å². The summed E-state index contributed by atoms with van der Waals surface area (Å²) >= 11 is 0. The highest BCUT2D eigenvalue weighted by Crippen LogP contribution is 2.38. The van der Waals surface area contributed by atoms with Gasteiger partial charge in [-0.15, -0.1) is 0 Å². The molecule has 6 nitrogen and oxygen atoms in total. The molecule has 1 amide bonds. The Morgan fingerprint density at radius 2 is 1.80 bits per heavy atom. The third kappa shape index (κ3) is 4.23. The van der Waals surface area contributed by atoms with Gasteiger partial charge in [0.1, 0.15) is 11.2 Å². The molecule has 0 aliphatic rings. The number of pyridine rings is 1. The van der Waals surface area contributed by atoms with Gasteiger partial charge in [0.05, 0.1) is 23.6 Å². The van der Waals surface area contributed by atoms with E-state index in [1.165, 1.54) is 0 Å². The molecule has 0 saturated carbocycles. The van der Waals surface area contributed by atoms with Crippen molar-refractivity contribution in [2.45, 2.75) is 26.7 Å². The van der Waals surface area contributed by atoms with Crippen molar-refractivity contribution in [1.82, 2.24) is 9.88 Å². The van der Waals surface area contributed by atoms with Crippen LogP contribution in [0.4, 0.5) is 0 Å². The Labute approximate surface area is 202 Å². The number of likely N-dealkylation sites (N-methyl/N-ethyl adjacent to an activating group) is 1. The molecule has 35 heavy (non-hydrogen) atoms. The van der Waals surface area contributed by atoms with E-state index < -0.39 is 5.63 Å². The second-order valence-corrected chi connectivity index (χ2v) is 8.84. The van der Waals surface area contributed by atoms with Crippen LogP contribution in [-0.2, 0) is 17.6 Å². The van der Waals surface area contributed by atoms with E-state index in [-0.39, 0.29) is 12.3 Å². The van der Waals surface area contributed by atoms with E-state index in [9.17, 15) is 9.59 Å². The van der Waals surface area contributed by atoms with E-state index in [1.807, 2.05) is 68.4 Å². The Bertz CT molecular complexity index is 1580. The first-order valence-corrected chi connectivity index (χ1v) is 11.6. The first-order valence-electron chi connectivity index (χ1n) is 11.6. The molecule has 0 N–H and O–H groups in total. The zero-order valence-electron chi connectivity index (χ0n) is 20.0. The van der Waals surface area contributed by atoms with Crippen molar-refractivity contribution in [3.63, 3.8) is 0 Å². The van der Waals surface area contributed by atoms with Crippen molar-refractivity contribution in [1.29, 1.82) is 0 Å². The van der Waals surface area contributed by atoms with Gasteiger partial charge < -0.3 is 13.7 Å². The van der Waals surface area contributed by atoms with Crippen LogP contribution in [0.15, 0.2) is 80.7 Å². The van der Waals surface area contributed by atoms with E-state index in [4.69, 9.17) is 8.83 Å². The molecule has 5 rings (SSSR count). The van der Waals surface area contributed by atoms with Gasteiger partial charge in [0.25, 0.3) is 0 Å². The van der Waals surface area contributed by atoms with Gasteiger partial charge in [-0.05, 0) is 48.7 Å². The number of carbonyl (C=O) groups excluding carboxylic acids is 1. The number of fused-ring (bicyclic) bond motifs is 3. The van der Waals surface area contributed by atoms with Crippen LogP contribution in [0.25, 0.3) is 33.1 Å². The SMILES string of the molecule is Cc1cc2oc(=O)c(CC(=O)N(C)CCc3ccccn3)c(C)c2c2occ(-c3ccccc3)c12. The number of furan rings is 1. The standard InChI is InChI=1S/C29H26N2O4/c1-18-15-24-27(28-26(18)23(17-34-28)20-9-5-4-6-10-20)19(2)22(29(33)35-24)16-25(32)31(3)14-12-21-11-7-8-13-30-21/h4-11,13,15,17H,12,14,16H2,1-3H3. The molecular formula is C29H26N2O4. The van der Waals surface area contributed by atoms with Crippen molar-refractivity contribution < 1.29 is 13.6 Å². The molecule has 176 valence electrons. The molecule has 0 aliphatic heterocycles. The number of benzene rings is 2. The summed E-state index contributed by atoms with van der Waals surface area (Å²) in [5.41, 5.74) is 5.61. The number of rotatable bonds is 6. The van der Waals surface area contributed by atoms with E-state index in [1.54, 1.807) is 24.4 Å². The predicted molar refractivity (Wildman–Crippen MR) is 136 cm³/mol. The van der Waals surface area contributed by atoms with Crippen molar-refractivity contribution in [3.8, 4) is 11.1 Å². The number of hydrogen-bond acceptors (Lipinski definition) is 5. The summed E-state index contributed by atoms with van der Waals surface area (Å²) < 4.78 is 11.7. The fourth-order valence-electron chi connectivity index (χ4n) is 4.56. The highest BCUT2D eigenvalue weighted by atomic mass is 16.4. The van der Waals surface area contributed by atoms with Crippen LogP contribution in [0.2, 0.25) is 0 Å². The second kappa shape index (κ2) is 9.22. The first kappa shape index (κ1) is 22.6. The maximum atomic E-state index is 13.0. The van der Waals surface area contributed by atoms with Crippen molar-refractivity contribution >= 4 is 27.8 Å². The average Bonchev–Trinajstić information content (AvgIpc) is 3.31. The fraction of sp³-hybridized carbons (Fsp3) is 0.207. The minimum Gasteiger partial charge on any atom is -0.463 e. The van der Waals surface area contributed by atoms with Crippen LogP contribution in [-0.4, -0.2) is 29.4 Å². The molecule has 0 fully saturated rings. The molecular weight excluding hydrogens is 440 g/mol. The lowest BCUT2D eigenvalue weighted by Crippen LogP contribution is -2.32. The molecule has 0 aliphatic carbocycles. The molecule has 3 heterocycles. The van der Waals surface area contributed by atoms with Gasteiger partial charge in [0.15, 0.2) is 0 Å². The molecule has 0 bridgehead atoms. The largest absolute Gasteiger partial charge is 0.463 e. The summed E-state index contributed by atoms with van der Waals surface area (Å²) in [6.45, 7) is 4.35. The summed E-state index contributed by atoms with van der Waals surface area (Å²) in [5.74, 6) is -0.150. The Kier molecular flexibility index (Phi) is 5.95. The van der Waals surface area contributed by atoms with Crippen LogP contribution >= 0.6 is 0 Å². The third-order valence-electron chi connectivity index (χ3n) is 6.55. The minimum absolute atomic E-state index is 0.0373. The van der Waals surface area contributed by atoms with Gasteiger partial charge in [-0.3, -0.25) is 9.78 Å². The van der Waals surface area contributed by atoms with Gasteiger partial charge in [-0.25, -0.2) is 4.79 Å². The lowest BCUT2D eigenvalue weighted by molar-refractivity contribution is -0.129. The molecule has 3 aromatic heterocycles.